The van der Waals surface area contributed by atoms with Gasteiger partial charge >= 0.3 is 0 Å². The van der Waals surface area contributed by atoms with Crippen LogP contribution in [-0.4, -0.2) is 26.7 Å². The van der Waals surface area contributed by atoms with Crippen molar-refractivity contribution < 1.29 is 23.0 Å². The van der Waals surface area contributed by atoms with Crippen molar-refractivity contribution in [1.29, 1.82) is 0 Å². The predicted octanol–water partition coefficient (Wildman–Crippen LogP) is 1.96. The molecule has 2 aromatic rings. The second kappa shape index (κ2) is 5.17. The molecule has 0 fully saturated rings. The summed E-state index contributed by atoms with van der Waals surface area (Å²) < 4.78 is 37.7. The van der Waals surface area contributed by atoms with E-state index >= 15 is 0 Å². The van der Waals surface area contributed by atoms with Gasteiger partial charge in [0.25, 0.3) is 10.0 Å². The quantitative estimate of drug-likeness (QED) is 0.905. The van der Waals surface area contributed by atoms with Gasteiger partial charge in [-0.1, -0.05) is 0 Å². The number of phenols is 1. The minimum Gasteiger partial charge on any atom is -0.508 e. The molecule has 7 heteroatoms. The summed E-state index contributed by atoms with van der Waals surface area (Å²) in [5, 5.41) is 9.20. The van der Waals surface area contributed by atoms with Gasteiger partial charge in [0, 0.05) is 6.07 Å². The molecule has 0 radical (unpaired) electrons. The average molecular weight is 307 g/mol. The highest BCUT2D eigenvalue weighted by Gasteiger charge is 2.17. The number of benzene rings is 2. The zero-order valence-corrected chi connectivity index (χ0v) is 11.8. The molecule has 1 aliphatic rings. The lowest BCUT2D eigenvalue weighted by Crippen LogP contribution is -2.16. The summed E-state index contributed by atoms with van der Waals surface area (Å²) in [4.78, 5) is 0.0650. The Morgan fingerprint density at radius 1 is 0.952 bits per heavy atom. The molecule has 0 saturated carbocycles. The molecular weight excluding hydrogens is 294 g/mol. The van der Waals surface area contributed by atoms with E-state index in [2.05, 4.69) is 4.72 Å². The van der Waals surface area contributed by atoms with Crippen LogP contribution in [0.4, 0.5) is 5.69 Å². The Kier molecular flexibility index (Phi) is 3.34. The molecule has 0 saturated heterocycles. The molecule has 1 heterocycles. The van der Waals surface area contributed by atoms with E-state index in [0.717, 1.165) is 0 Å². The van der Waals surface area contributed by atoms with Crippen LogP contribution in [0.2, 0.25) is 0 Å². The summed E-state index contributed by atoms with van der Waals surface area (Å²) in [6, 6.07) is 10.1. The number of anilines is 1. The van der Waals surface area contributed by atoms with Gasteiger partial charge in [-0.15, -0.1) is 0 Å². The first-order chi connectivity index (χ1) is 10.0. The third kappa shape index (κ3) is 2.87. The van der Waals surface area contributed by atoms with E-state index in [9.17, 15) is 13.5 Å². The van der Waals surface area contributed by atoms with Crippen LogP contribution in [0.1, 0.15) is 0 Å². The minimum absolute atomic E-state index is 0.00767. The fourth-order valence-electron chi connectivity index (χ4n) is 1.95. The maximum Gasteiger partial charge on any atom is 0.261 e. The molecule has 6 nitrogen and oxygen atoms in total. The summed E-state index contributed by atoms with van der Waals surface area (Å²) in [5.74, 6) is 1.11. The van der Waals surface area contributed by atoms with Gasteiger partial charge in [-0.25, -0.2) is 8.42 Å². The average Bonchev–Trinajstić information content (AvgIpc) is 2.47. The first-order valence-corrected chi connectivity index (χ1v) is 7.74. The predicted molar refractivity (Wildman–Crippen MR) is 76.3 cm³/mol. The van der Waals surface area contributed by atoms with Crippen molar-refractivity contribution >= 4 is 15.7 Å². The number of rotatable bonds is 3. The molecule has 0 spiro atoms. The fraction of sp³-hybridized carbons (Fsp3) is 0.143. The van der Waals surface area contributed by atoms with Crippen molar-refractivity contribution in [3.8, 4) is 17.2 Å². The summed E-state index contributed by atoms with van der Waals surface area (Å²) >= 11 is 0. The molecule has 0 amide bonds. The van der Waals surface area contributed by atoms with E-state index in [0.29, 0.717) is 30.4 Å². The maximum absolute atomic E-state index is 12.2. The summed E-state index contributed by atoms with van der Waals surface area (Å²) in [5.41, 5.74) is 0.382. The van der Waals surface area contributed by atoms with Crippen LogP contribution in [0.5, 0.6) is 17.2 Å². The Morgan fingerprint density at radius 3 is 2.33 bits per heavy atom. The van der Waals surface area contributed by atoms with E-state index < -0.39 is 10.0 Å². The van der Waals surface area contributed by atoms with E-state index in [-0.39, 0.29) is 10.6 Å². The monoisotopic (exact) mass is 307 g/mol. The van der Waals surface area contributed by atoms with Crippen LogP contribution >= 0.6 is 0 Å². The number of fused-ring (bicyclic) bond motifs is 1. The van der Waals surface area contributed by atoms with Crippen LogP contribution in [0.25, 0.3) is 0 Å². The van der Waals surface area contributed by atoms with Gasteiger partial charge in [0.2, 0.25) is 0 Å². The normalized spacial score (nSPS) is 13.7. The second-order valence-corrected chi connectivity index (χ2v) is 6.14. The lowest BCUT2D eigenvalue weighted by atomic mass is 10.3. The number of aromatic hydroxyl groups is 1. The molecule has 2 N–H and O–H groups in total. The number of hydrogen-bond donors (Lipinski definition) is 2. The van der Waals surface area contributed by atoms with Crippen molar-refractivity contribution in [2.75, 3.05) is 17.9 Å². The Morgan fingerprint density at radius 2 is 1.62 bits per heavy atom. The van der Waals surface area contributed by atoms with Gasteiger partial charge in [-0.2, -0.15) is 0 Å². The number of nitrogens with one attached hydrogen (secondary N) is 1. The molecule has 0 bridgehead atoms. The lowest BCUT2D eigenvalue weighted by molar-refractivity contribution is 0.171. The first kappa shape index (κ1) is 13.6. The van der Waals surface area contributed by atoms with Crippen LogP contribution in [-0.2, 0) is 10.0 Å². The number of phenolic OH excluding ortho intramolecular Hbond substituents is 1. The molecule has 2 aromatic carbocycles. The highest BCUT2D eigenvalue weighted by atomic mass is 32.2. The van der Waals surface area contributed by atoms with E-state index in [1.165, 1.54) is 24.3 Å². The molecule has 0 atom stereocenters. The molecule has 0 aliphatic carbocycles. The summed E-state index contributed by atoms with van der Waals surface area (Å²) in [7, 11) is -3.71. The number of hydrogen-bond acceptors (Lipinski definition) is 5. The molecule has 21 heavy (non-hydrogen) atoms. The molecular formula is C14H13NO5S. The Bertz CT molecular complexity index is 755. The van der Waals surface area contributed by atoms with E-state index in [4.69, 9.17) is 9.47 Å². The minimum atomic E-state index is -3.71. The second-order valence-electron chi connectivity index (χ2n) is 4.46. The van der Waals surface area contributed by atoms with E-state index in [1.54, 1.807) is 18.2 Å². The van der Waals surface area contributed by atoms with Gasteiger partial charge in [-0.05, 0) is 36.4 Å². The topological polar surface area (TPSA) is 84.9 Å². The van der Waals surface area contributed by atoms with Crippen LogP contribution < -0.4 is 14.2 Å². The molecule has 1 aliphatic heterocycles. The molecule has 3 rings (SSSR count). The molecule has 110 valence electrons. The smallest absolute Gasteiger partial charge is 0.261 e. The maximum atomic E-state index is 12.2. The third-order valence-electron chi connectivity index (χ3n) is 2.94. The highest BCUT2D eigenvalue weighted by Crippen LogP contribution is 2.33. The molecule has 0 unspecified atom stereocenters. The fourth-order valence-corrected chi connectivity index (χ4v) is 3.00. The van der Waals surface area contributed by atoms with Crippen molar-refractivity contribution in [2.24, 2.45) is 0 Å². The van der Waals surface area contributed by atoms with Gasteiger partial charge < -0.3 is 14.6 Å². The van der Waals surface area contributed by atoms with Gasteiger partial charge in [-0.3, -0.25) is 4.72 Å². The Labute approximate surface area is 122 Å². The van der Waals surface area contributed by atoms with Crippen molar-refractivity contribution in [3.05, 3.63) is 42.5 Å². The number of sulfonamides is 1. The summed E-state index contributed by atoms with van der Waals surface area (Å²) in [6.45, 7) is 0.909. The molecule has 0 aromatic heterocycles. The van der Waals surface area contributed by atoms with Crippen LogP contribution in [0.3, 0.4) is 0 Å². The SMILES string of the molecule is O=S(=O)(Nc1ccc2c(c1)OCCO2)c1ccc(O)cc1. The van der Waals surface area contributed by atoms with Crippen molar-refractivity contribution in [3.63, 3.8) is 0 Å². The Balaban J connectivity index is 1.87. The van der Waals surface area contributed by atoms with Crippen molar-refractivity contribution in [1.82, 2.24) is 0 Å². The largest absolute Gasteiger partial charge is 0.508 e. The zero-order chi connectivity index (χ0) is 14.9. The van der Waals surface area contributed by atoms with Gasteiger partial charge in [0.15, 0.2) is 11.5 Å². The number of ether oxygens (including phenoxy) is 2. The van der Waals surface area contributed by atoms with Crippen LogP contribution in [0.15, 0.2) is 47.4 Å². The Hall–Kier alpha value is -2.41. The van der Waals surface area contributed by atoms with Gasteiger partial charge in [0.05, 0.1) is 10.6 Å². The summed E-state index contributed by atoms with van der Waals surface area (Å²) in [6.07, 6.45) is 0. The lowest BCUT2D eigenvalue weighted by Gasteiger charge is -2.19. The van der Waals surface area contributed by atoms with Crippen LogP contribution in [0, 0.1) is 0 Å². The first-order valence-electron chi connectivity index (χ1n) is 6.26. The van der Waals surface area contributed by atoms with E-state index in [1.807, 2.05) is 0 Å². The zero-order valence-electron chi connectivity index (χ0n) is 10.9. The third-order valence-corrected chi connectivity index (χ3v) is 4.34. The van der Waals surface area contributed by atoms with Gasteiger partial charge in [0.1, 0.15) is 19.0 Å². The van der Waals surface area contributed by atoms with Crippen molar-refractivity contribution in [2.45, 2.75) is 4.90 Å². The standard InChI is InChI=1S/C14H13NO5S/c16-11-2-4-12(5-3-11)21(17,18)15-10-1-6-13-14(9-10)20-8-7-19-13/h1-6,9,15-16H,7-8H2. The highest BCUT2D eigenvalue weighted by molar-refractivity contribution is 7.92.